The van der Waals surface area contributed by atoms with Gasteiger partial charge < -0.3 is 20.1 Å². The van der Waals surface area contributed by atoms with Crippen LogP contribution in [0.3, 0.4) is 0 Å². The molecule has 2 N–H and O–H groups in total. The van der Waals surface area contributed by atoms with Crippen LogP contribution in [0.2, 0.25) is 0 Å². The number of aliphatic hydroxyl groups is 1. The van der Waals surface area contributed by atoms with Gasteiger partial charge in [-0.05, 0) is 39.2 Å². The third kappa shape index (κ3) is 5.92. The summed E-state index contributed by atoms with van der Waals surface area (Å²) in [6.07, 6.45) is 1.57. The van der Waals surface area contributed by atoms with Crippen LogP contribution in [0.15, 0.2) is 18.3 Å². The Morgan fingerprint density at radius 1 is 1.50 bits per heavy atom. The van der Waals surface area contributed by atoms with E-state index in [1.807, 2.05) is 19.0 Å². The molecule has 0 saturated heterocycles. The van der Waals surface area contributed by atoms with Gasteiger partial charge in [0.1, 0.15) is 5.82 Å². The minimum atomic E-state index is -0.484. The fourth-order valence-corrected chi connectivity index (χ4v) is 2.08. The first kappa shape index (κ1) is 17.0. The zero-order valence-electron chi connectivity index (χ0n) is 12.3. The van der Waals surface area contributed by atoms with Gasteiger partial charge in [0.15, 0.2) is 0 Å². The van der Waals surface area contributed by atoms with E-state index in [9.17, 15) is 9.50 Å². The molecule has 2 atom stereocenters. The first-order chi connectivity index (χ1) is 9.56. The van der Waals surface area contributed by atoms with Gasteiger partial charge in [-0.2, -0.15) is 0 Å². The lowest BCUT2D eigenvalue weighted by molar-refractivity contribution is 0.0426. The lowest BCUT2D eigenvalue weighted by Gasteiger charge is -2.23. The predicted octanol–water partition coefficient (Wildman–Crippen LogP) is 0.810. The number of nitrogens with one attached hydrogen (secondary N) is 1. The minimum absolute atomic E-state index is 0.0672. The summed E-state index contributed by atoms with van der Waals surface area (Å²) in [6.45, 7) is 1.69. The molecule has 1 rings (SSSR count). The van der Waals surface area contributed by atoms with E-state index in [0.29, 0.717) is 13.2 Å². The third-order valence-electron chi connectivity index (χ3n) is 3.14. The van der Waals surface area contributed by atoms with E-state index in [2.05, 4.69) is 10.3 Å². The Morgan fingerprint density at radius 2 is 2.25 bits per heavy atom. The second-order valence-corrected chi connectivity index (χ2v) is 4.90. The minimum Gasteiger partial charge on any atom is -0.389 e. The van der Waals surface area contributed by atoms with Crippen LogP contribution in [0.1, 0.15) is 18.2 Å². The molecule has 0 aliphatic carbocycles. The molecule has 0 radical (unpaired) electrons. The van der Waals surface area contributed by atoms with Gasteiger partial charge in [-0.3, -0.25) is 4.98 Å². The van der Waals surface area contributed by atoms with Gasteiger partial charge in [-0.15, -0.1) is 0 Å². The molecular formula is C14H24FN3O2. The van der Waals surface area contributed by atoms with E-state index in [0.717, 1.165) is 18.7 Å². The Balaban J connectivity index is 2.43. The van der Waals surface area contributed by atoms with Crippen LogP contribution >= 0.6 is 0 Å². The second kappa shape index (κ2) is 8.97. The van der Waals surface area contributed by atoms with Crippen molar-refractivity contribution in [1.82, 2.24) is 15.2 Å². The quantitative estimate of drug-likeness (QED) is 0.703. The highest BCUT2D eigenvalue weighted by Crippen LogP contribution is 2.14. The molecule has 1 aromatic rings. The van der Waals surface area contributed by atoms with Crippen molar-refractivity contribution < 1.29 is 14.2 Å². The molecule has 1 aromatic heterocycles. The molecule has 20 heavy (non-hydrogen) atoms. The van der Waals surface area contributed by atoms with Gasteiger partial charge in [0, 0.05) is 13.7 Å². The van der Waals surface area contributed by atoms with Crippen molar-refractivity contribution in [3.8, 4) is 0 Å². The van der Waals surface area contributed by atoms with Crippen molar-refractivity contribution in [3.05, 3.63) is 29.8 Å². The van der Waals surface area contributed by atoms with Gasteiger partial charge in [0.25, 0.3) is 0 Å². The third-order valence-corrected chi connectivity index (χ3v) is 3.14. The molecule has 0 aliphatic rings. The van der Waals surface area contributed by atoms with Crippen LogP contribution in [-0.2, 0) is 4.74 Å². The van der Waals surface area contributed by atoms with Crippen molar-refractivity contribution in [1.29, 1.82) is 0 Å². The Morgan fingerprint density at radius 3 is 2.80 bits per heavy atom. The van der Waals surface area contributed by atoms with Crippen LogP contribution in [-0.4, -0.2) is 62.0 Å². The van der Waals surface area contributed by atoms with Gasteiger partial charge in [-0.25, -0.2) is 4.39 Å². The van der Waals surface area contributed by atoms with Crippen LogP contribution in [0.4, 0.5) is 4.39 Å². The average molecular weight is 285 g/mol. The summed E-state index contributed by atoms with van der Waals surface area (Å²) in [5.74, 6) is -0.330. The van der Waals surface area contributed by atoms with Crippen LogP contribution < -0.4 is 5.32 Å². The SMILES string of the molecule is CNC(CCN(C)CC(O)COC)c1ccc(F)cn1. The summed E-state index contributed by atoms with van der Waals surface area (Å²) in [5, 5.41) is 12.8. The Kier molecular flexibility index (Phi) is 7.61. The maximum Gasteiger partial charge on any atom is 0.141 e. The molecule has 0 saturated carbocycles. The zero-order chi connectivity index (χ0) is 15.0. The number of rotatable bonds is 9. The summed E-state index contributed by atoms with van der Waals surface area (Å²) < 4.78 is 17.8. The highest BCUT2D eigenvalue weighted by atomic mass is 19.1. The number of halogens is 1. The smallest absolute Gasteiger partial charge is 0.141 e. The number of likely N-dealkylation sites (N-methyl/N-ethyl adjacent to an activating group) is 1. The molecule has 1 heterocycles. The Hall–Kier alpha value is -1.08. The van der Waals surface area contributed by atoms with Crippen LogP contribution in [0, 0.1) is 5.82 Å². The lowest BCUT2D eigenvalue weighted by atomic mass is 10.1. The van der Waals surface area contributed by atoms with E-state index in [1.165, 1.54) is 12.3 Å². The fraction of sp³-hybridized carbons (Fsp3) is 0.643. The van der Waals surface area contributed by atoms with Crippen molar-refractivity contribution in [2.45, 2.75) is 18.6 Å². The molecule has 0 fully saturated rings. The number of pyridine rings is 1. The standard InChI is InChI=1S/C14H24FN3O2/c1-16-13(14-5-4-11(15)8-17-14)6-7-18(2)9-12(19)10-20-3/h4-5,8,12-13,16,19H,6-7,9-10H2,1-3H3. The first-order valence-electron chi connectivity index (χ1n) is 6.71. The van der Waals surface area contributed by atoms with Crippen molar-refractivity contribution in [2.24, 2.45) is 0 Å². The molecule has 5 nitrogen and oxygen atoms in total. The Labute approximate surface area is 119 Å². The number of ether oxygens (including phenoxy) is 1. The molecule has 114 valence electrons. The van der Waals surface area contributed by atoms with Gasteiger partial charge in [-0.1, -0.05) is 0 Å². The van der Waals surface area contributed by atoms with Crippen molar-refractivity contribution in [2.75, 3.05) is 40.9 Å². The number of methoxy groups -OCH3 is 1. The van der Waals surface area contributed by atoms with E-state index in [-0.39, 0.29) is 11.9 Å². The number of hydrogen-bond donors (Lipinski definition) is 2. The number of aromatic nitrogens is 1. The predicted molar refractivity (Wildman–Crippen MR) is 76.0 cm³/mol. The molecule has 2 unspecified atom stereocenters. The molecule has 0 bridgehead atoms. The maximum atomic E-state index is 12.9. The average Bonchev–Trinajstić information content (AvgIpc) is 2.41. The number of aliphatic hydroxyl groups excluding tert-OH is 1. The summed E-state index contributed by atoms with van der Waals surface area (Å²) in [4.78, 5) is 6.13. The lowest BCUT2D eigenvalue weighted by Crippen LogP contribution is -2.34. The molecule has 0 aromatic carbocycles. The molecule has 0 spiro atoms. The number of nitrogens with zero attached hydrogens (tertiary/aromatic N) is 2. The topological polar surface area (TPSA) is 57.6 Å². The van der Waals surface area contributed by atoms with Crippen LogP contribution in [0.25, 0.3) is 0 Å². The monoisotopic (exact) mass is 285 g/mol. The summed E-state index contributed by atoms with van der Waals surface area (Å²) in [7, 11) is 5.37. The summed E-state index contributed by atoms with van der Waals surface area (Å²) in [5.41, 5.74) is 0.819. The highest BCUT2D eigenvalue weighted by Gasteiger charge is 2.13. The van der Waals surface area contributed by atoms with Crippen LogP contribution in [0.5, 0.6) is 0 Å². The normalized spacial score (nSPS) is 14.5. The largest absolute Gasteiger partial charge is 0.389 e. The first-order valence-corrected chi connectivity index (χ1v) is 6.71. The van der Waals surface area contributed by atoms with Gasteiger partial charge in [0.2, 0.25) is 0 Å². The molecule has 0 aliphatic heterocycles. The van der Waals surface area contributed by atoms with E-state index < -0.39 is 6.10 Å². The molecule has 6 heteroatoms. The summed E-state index contributed by atoms with van der Waals surface area (Å²) >= 11 is 0. The maximum absolute atomic E-state index is 12.9. The van der Waals surface area contributed by atoms with Gasteiger partial charge in [0.05, 0.1) is 30.6 Å². The molecule has 0 amide bonds. The zero-order valence-corrected chi connectivity index (χ0v) is 12.3. The van der Waals surface area contributed by atoms with Gasteiger partial charge >= 0.3 is 0 Å². The highest BCUT2D eigenvalue weighted by molar-refractivity contribution is 5.09. The summed E-state index contributed by atoms with van der Waals surface area (Å²) in [6, 6.07) is 3.17. The van der Waals surface area contributed by atoms with E-state index in [1.54, 1.807) is 13.2 Å². The number of hydrogen-bond acceptors (Lipinski definition) is 5. The van der Waals surface area contributed by atoms with E-state index in [4.69, 9.17) is 4.74 Å². The fourth-order valence-electron chi connectivity index (χ4n) is 2.08. The van der Waals surface area contributed by atoms with Crippen molar-refractivity contribution >= 4 is 0 Å². The molecular weight excluding hydrogens is 261 g/mol. The van der Waals surface area contributed by atoms with Crippen molar-refractivity contribution in [3.63, 3.8) is 0 Å². The Bertz CT molecular complexity index is 375. The van der Waals surface area contributed by atoms with E-state index >= 15 is 0 Å². The second-order valence-electron chi connectivity index (χ2n) is 4.90.